The molecule has 0 radical (unpaired) electrons. The fourth-order valence-electron chi connectivity index (χ4n) is 2.84. The molecule has 0 saturated carbocycles. The summed E-state index contributed by atoms with van der Waals surface area (Å²) in [5.74, 6) is -60.7. The van der Waals surface area contributed by atoms with Crippen molar-refractivity contribution in [3.05, 3.63) is 54.6 Å². The van der Waals surface area contributed by atoms with Gasteiger partial charge in [-0.2, -0.15) is 70.2 Å². The summed E-state index contributed by atoms with van der Waals surface area (Å²) in [6, 6.07) is 11.2. The van der Waals surface area contributed by atoms with Gasteiger partial charge >= 0.3 is 52.7 Å². The van der Waals surface area contributed by atoms with Gasteiger partial charge < -0.3 is 10.6 Å². The van der Waals surface area contributed by atoms with Crippen molar-refractivity contribution in [3.8, 4) is 0 Å². The first kappa shape index (κ1) is 34.1. The highest BCUT2D eigenvalue weighted by Crippen LogP contribution is 2.64. The Labute approximate surface area is 222 Å². The second kappa shape index (κ2) is 10.3. The van der Waals surface area contributed by atoms with Crippen LogP contribution in [0.3, 0.4) is 0 Å². The second-order valence-corrected chi connectivity index (χ2v) is 8.52. The van der Waals surface area contributed by atoms with Crippen LogP contribution in [0.25, 0.3) is 0 Å². The summed E-state index contributed by atoms with van der Waals surface area (Å²) < 4.78 is 217. The number of benzene rings is 2. The Morgan fingerprint density at radius 1 is 0.488 bits per heavy atom. The number of alkyl halides is 17. The Hall–Kier alpha value is -3.12. The number of anilines is 3. The van der Waals surface area contributed by atoms with Gasteiger partial charge in [-0.25, -0.2) is 0 Å². The third-order valence-corrected chi connectivity index (χ3v) is 5.45. The first-order valence-electron chi connectivity index (χ1n) is 10.1. The molecule has 2 aromatic carbocycles. The maximum atomic E-state index is 14.1. The normalized spacial score (nSPS) is 14.6. The molecule has 1 amide bonds. The van der Waals surface area contributed by atoms with Gasteiger partial charge in [-0.1, -0.05) is 18.2 Å². The lowest BCUT2D eigenvalue weighted by atomic mass is 9.89. The van der Waals surface area contributed by atoms with E-state index in [2.05, 4.69) is 16.9 Å². The average Bonchev–Trinajstić information content (AvgIpc) is 2.84. The summed E-state index contributed by atoms with van der Waals surface area (Å²) in [5, 5.41) is -3.29. The number of nitrogens with one attached hydrogen (secondary N) is 2. The summed E-state index contributed by atoms with van der Waals surface area (Å²) >= 11 is 3.46. The van der Waals surface area contributed by atoms with Crippen LogP contribution in [0, 0.1) is 0 Å². The third-order valence-electron chi connectivity index (χ3n) is 5.21. The molecule has 2 N–H and O–H groups in total. The first-order valence-corrected chi connectivity index (χ1v) is 10.5. The molecule has 0 aromatic heterocycles. The molecule has 0 saturated heterocycles. The lowest BCUT2D eigenvalue weighted by molar-refractivity contribution is -0.445. The van der Waals surface area contributed by atoms with E-state index in [4.69, 9.17) is 0 Å². The summed E-state index contributed by atoms with van der Waals surface area (Å²) in [6.07, 6.45) is 0. The van der Waals surface area contributed by atoms with Gasteiger partial charge in [-0.15, -0.1) is 0 Å². The predicted octanol–water partition coefficient (Wildman–Crippen LogP) is 8.65. The van der Waals surface area contributed by atoms with Crippen LogP contribution in [0.1, 0.15) is 0 Å². The maximum Gasteiger partial charge on any atom is 0.393 e. The van der Waals surface area contributed by atoms with Gasteiger partial charge in [0.25, 0.3) is 0 Å². The van der Waals surface area contributed by atoms with E-state index in [0.29, 0.717) is 17.8 Å². The summed E-state index contributed by atoms with van der Waals surface area (Å²) in [5.41, 5.74) is -0.298. The van der Waals surface area contributed by atoms with Gasteiger partial charge in [0.2, 0.25) is 0 Å². The van der Waals surface area contributed by atoms with Gasteiger partial charge in [0, 0.05) is 17.1 Å². The minimum Gasteiger partial charge on any atom is -0.356 e. The van der Waals surface area contributed by atoms with Crippen molar-refractivity contribution in [2.45, 2.75) is 46.8 Å². The Balaban J connectivity index is 2.39. The number of amides is 1. The van der Waals surface area contributed by atoms with E-state index >= 15 is 0 Å². The highest BCUT2D eigenvalue weighted by molar-refractivity contribution is 6.22. The SMILES string of the molecule is O=C(Nc1ccc(Nc2ccccc2)cc1)C(F)(F)C(F)(F)C(F)(F)C(F)(F)C(F)(F)C(F)(F)C(F)(F)C(F)(F)Cl. The molecule has 0 spiro atoms. The fourth-order valence-corrected chi connectivity index (χ4v) is 2.96. The molecule has 0 aliphatic rings. The zero-order chi connectivity index (χ0) is 32.1. The van der Waals surface area contributed by atoms with Crippen LogP contribution in [0.4, 0.5) is 87.3 Å². The second-order valence-electron chi connectivity index (χ2n) is 8.04. The van der Waals surface area contributed by atoms with Crippen LogP contribution in [-0.4, -0.2) is 52.7 Å². The van der Waals surface area contributed by atoms with E-state index in [0.717, 1.165) is 17.4 Å². The van der Waals surface area contributed by atoms with E-state index in [1.54, 1.807) is 18.2 Å². The molecule has 0 heterocycles. The summed E-state index contributed by atoms with van der Waals surface area (Å²) in [6.45, 7) is 0. The molecule has 0 aliphatic heterocycles. The molecule has 0 unspecified atom stereocenters. The van der Waals surface area contributed by atoms with Crippen molar-refractivity contribution in [2.75, 3.05) is 10.6 Å². The van der Waals surface area contributed by atoms with Crippen LogP contribution >= 0.6 is 11.6 Å². The molecule has 0 atom stereocenters. The standard InChI is InChI=1S/C21H11ClF16N2O/c22-21(37,38)20(35,36)19(33,34)18(31,32)17(29,30)16(27,28)15(25,26)14(23,24)13(41)40-12-8-6-11(7-9-12)39-10-4-2-1-3-5-10/h1-9,39H,(H,40,41). The van der Waals surface area contributed by atoms with E-state index < -0.39 is 58.4 Å². The van der Waals surface area contributed by atoms with Gasteiger partial charge in [-0.05, 0) is 48.0 Å². The number of hydrogen-bond donors (Lipinski definition) is 2. The number of halogens is 17. The van der Waals surface area contributed by atoms with Crippen molar-refractivity contribution in [3.63, 3.8) is 0 Å². The average molecular weight is 647 g/mol. The Morgan fingerprint density at radius 3 is 1.24 bits per heavy atom. The smallest absolute Gasteiger partial charge is 0.356 e. The quantitative estimate of drug-likeness (QED) is 0.190. The Kier molecular flexibility index (Phi) is 8.57. The first-order chi connectivity index (χ1) is 18.2. The van der Waals surface area contributed by atoms with E-state index in [1.807, 2.05) is 0 Å². The molecular weight excluding hydrogens is 636 g/mol. The van der Waals surface area contributed by atoms with Gasteiger partial charge in [0.05, 0.1) is 0 Å². The number of para-hydroxylation sites is 1. The lowest BCUT2D eigenvalue weighted by Gasteiger charge is -2.42. The largest absolute Gasteiger partial charge is 0.393 e. The number of carbonyl (C=O) groups excluding carboxylic acids is 1. The van der Waals surface area contributed by atoms with Crippen molar-refractivity contribution in [1.82, 2.24) is 0 Å². The molecule has 2 rings (SSSR count). The number of hydrogen-bond acceptors (Lipinski definition) is 2. The number of carbonyl (C=O) groups is 1. The Bertz CT molecular complexity index is 1230. The zero-order valence-electron chi connectivity index (χ0n) is 19.0. The van der Waals surface area contributed by atoms with Crippen molar-refractivity contribution in [2.24, 2.45) is 0 Å². The molecule has 0 aliphatic carbocycles. The molecule has 3 nitrogen and oxygen atoms in total. The monoisotopic (exact) mass is 646 g/mol. The molecule has 0 bridgehead atoms. The van der Waals surface area contributed by atoms with Gasteiger partial charge in [0.1, 0.15) is 0 Å². The fraction of sp³-hybridized carbons (Fsp3) is 0.381. The minimum absolute atomic E-state index is 0.153. The molecule has 41 heavy (non-hydrogen) atoms. The minimum atomic E-state index is -8.65. The summed E-state index contributed by atoms with van der Waals surface area (Å²) in [7, 11) is 0. The molecule has 0 fully saturated rings. The summed E-state index contributed by atoms with van der Waals surface area (Å²) in [4.78, 5) is 11.7. The maximum absolute atomic E-state index is 14.1. The van der Waals surface area contributed by atoms with Crippen molar-refractivity contribution >= 4 is 34.6 Å². The molecular formula is C21H11ClF16N2O. The van der Waals surface area contributed by atoms with Gasteiger partial charge in [0.15, 0.2) is 0 Å². The van der Waals surface area contributed by atoms with E-state index in [9.17, 15) is 75.0 Å². The van der Waals surface area contributed by atoms with Gasteiger partial charge in [-0.3, -0.25) is 4.79 Å². The van der Waals surface area contributed by atoms with Crippen LogP contribution in [0.5, 0.6) is 0 Å². The Morgan fingerprint density at radius 2 is 0.829 bits per heavy atom. The molecule has 20 heteroatoms. The van der Waals surface area contributed by atoms with Crippen LogP contribution in [-0.2, 0) is 4.79 Å². The lowest BCUT2D eigenvalue weighted by Crippen LogP contribution is -2.75. The van der Waals surface area contributed by atoms with Crippen LogP contribution in [0.15, 0.2) is 54.6 Å². The molecule has 230 valence electrons. The molecule has 2 aromatic rings. The van der Waals surface area contributed by atoms with Crippen LogP contribution < -0.4 is 10.6 Å². The van der Waals surface area contributed by atoms with Crippen molar-refractivity contribution < 1.29 is 75.0 Å². The topological polar surface area (TPSA) is 41.1 Å². The highest BCUT2D eigenvalue weighted by atomic mass is 35.5. The van der Waals surface area contributed by atoms with E-state index in [-0.39, 0.29) is 5.69 Å². The highest BCUT2D eigenvalue weighted by Gasteiger charge is 2.95. The predicted molar refractivity (Wildman–Crippen MR) is 110 cm³/mol. The third kappa shape index (κ3) is 5.31. The van der Waals surface area contributed by atoms with Crippen molar-refractivity contribution in [1.29, 1.82) is 0 Å². The zero-order valence-corrected chi connectivity index (χ0v) is 19.8. The van der Waals surface area contributed by atoms with E-state index in [1.165, 1.54) is 12.1 Å². The number of rotatable bonds is 11. The van der Waals surface area contributed by atoms with Crippen LogP contribution in [0.2, 0.25) is 0 Å².